The molecule has 0 spiro atoms. The van der Waals surface area contributed by atoms with Gasteiger partial charge < -0.3 is 9.47 Å². The standard InChI is InChI=1S/C13H15ClO3/c1-10(15)12-6-5-11(9-13(12)16-2)17-8-4-3-7-14/h3-6,9H,7-8H2,1-2H3/b4-3-. The highest BCUT2D eigenvalue weighted by molar-refractivity contribution is 6.18. The second-order valence-corrected chi connectivity index (χ2v) is 3.66. The van der Waals surface area contributed by atoms with Gasteiger partial charge in [-0.05, 0) is 19.1 Å². The van der Waals surface area contributed by atoms with Gasteiger partial charge in [0.2, 0.25) is 0 Å². The van der Waals surface area contributed by atoms with Crippen LogP contribution in [0.5, 0.6) is 11.5 Å². The molecule has 17 heavy (non-hydrogen) atoms. The van der Waals surface area contributed by atoms with Gasteiger partial charge in [-0.2, -0.15) is 0 Å². The highest BCUT2D eigenvalue weighted by Gasteiger charge is 2.08. The van der Waals surface area contributed by atoms with Gasteiger partial charge >= 0.3 is 0 Å². The Morgan fingerprint density at radius 1 is 1.41 bits per heavy atom. The quantitative estimate of drug-likeness (QED) is 0.445. The molecule has 0 aliphatic rings. The second-order valence-electron chi connectivity index (χ2n) is 3.35. The number of ketones is 1. The van der Waals surface area contributed by atoms with E-state index in [0.717, 1.165) is 0 Å². The smallest absolute Gasteiger partial charge is 0.163 e. The third-order valence-electron chi connectivity index (χ3n) is 2.15. The van der Waals surface area contributed by atoms with E-state index in [1.165, 1.54) is 14.0 Å². The van der Waals surface area contributed by atoms with Gasteiger partial charge in [-0.25, -0.2) is 0 Å². The lowest BCUT2D eigenvalue weighted by Gasteiger charge is -2.09. The van der Waals surface area contributed by atoms with Crippen LogP contribution in [0.3, 0.4) is 0 Å². The minimum absolute atomic E-state index is 0.0320. The van der Waals surface area contributed by atoms with Crippen LogP contribution in [0.1, 0.15) is 17.3 Å². The number of Topliss-reactive ketones (excluding diaryl/α,β-unsaturated/α-hetero) is 1. The number of hydrogen-bond donors (Lipinski definition) is 0. The summed E-state index contributed by atoms with van der Waals surface area (Å²) in [7, 11) is 1.53. The molecule has 1 aromatic rings. The fourth-order valence-electron chi connectivity index (χ4n) is 1.33. The van der Waals surface area contributed by atoms with Crippen LogP contribution in [-0.2, 0) is 0 Å². The number of rotatable bonds is 6. The normalized spacial score (nSPS) is 10.5. The van der Waals surface area contributed by atoms with Crippen molar-refractivity contribution in [3.8, 4) is 11.5 Å². The van der Waals surface area contributed by atoms with Crippen molar-refractivity contribution >= 4 is 17.4 Å². The Labute approximate surface area is 106 Å². The molecule has 0 amide bonds. The first kappa shape index (κ1) is 13.6. The Hall–Kier alpha value is -1.48. The van der Waals surface area contributed by atoms with E-state index in [9.17, 15) is 4.79 Å². The van der Waals surface area contributed by atoms with Crippen molar-refractivity contribution in [1.29, 1.82) is 0 Å². The van der Waals surface area contributed by atoms with Crippen molar-refractivity contribution in [2.45, 2.75) is 6.92 Å². The molecule has 0 aliphatic heterocycles. The zero-order valence-electron chi connectivity index (χ0n) is 9.90. The SMILES string of the molecule is COc1cc(OC/C=C\CCl)ccc1C(C)=O. The lowest BCUT2D eigenvalue weighted by Crippen LogP contribution is -1.99. The number of carbonyl (C=O) groups is 1. The summed E-state index contributed by atoms with van der Waals surface area (Å²) in [6.45, 7) is 1.94. The summed E-state index contributed by atoms with van der Waals surface area (Å²) in [5.41, 5.74) is 0.552. The van der Waals surface area contributed by atoms with Crippen LogP contribution in [0.25, 0.3) is 0 Å². The summed E-state index contributed by atoms with van der Waals surface area (Å²) in [6, 6.07) is 5.14. The number of methoxy groups -OCH3 is 1. The van der Waals surface area contributed by atoms with Crippen LogP contribution in [0, 0.1) is 0 Å². The maximum absolute atomic E-state index is 11.3. The first-order chi connectivity index (χ1) is 8.19. The summed E-state index contributed by atoms with van der Waals surface area (Å²) in [5.74, 6) is 1.62. The zero-order chi connectivity index (χ0) is 12.7. The van der Waals surface area contributed by atoms with E-state index in [2.05, 4.69) is 0 Å². The van der Waals surface area contributed by atoms with Crippen LogP contribution in [-0.4, -0.2) is 25.4 Å². The topological polar surface area (TPSA) is 35.5 Å². The van der Waals surface area contributed by atoms with Crippen LogP contribution >= 0.6 is 11.6 Å². The van der Waals surface area contributed by atoms with Crippen LogP contribution in [0.2, 0.25) is 0 Å². The Morgan fingerprint density at radius 2 is 2.18 bits per heavy atom. The Morgan fingerprint density at radius 3 is 2.76 bits per heavy atom. The highest BCUT2D eigenvalue weighted by atomic mass is 35.5. The number of ether oxygens (including phenoxy) is 2. The molecule has 0 atom stereocenters. The predicted octanol–water partition coefficient (Wildman–Crippen LogP) is 3.07. The van der Waals surface area contributed by atoms with Crippen molar-refractivity contribution in [3.63, 3.8) is 0 Å². The maximum atomic E-state index is 11.3. The van der Waals surface area contributed by atoms with Gasteiger partial charge in [-0.1, -0.05) is 12.2 Å². The summed E-state index contributed by atoms with van der Waals surface area (Å²) in [5, 5.41) is 0. The van der Waals surface area contributed by atoms with Gasteiger partial charge in [0.25, 0.3) is 0 Å². The first-order valence-electron chi connectivity index (χ1n) is 5.21. The minimum Gasteiger partial charge on any atom is -0.496 e. The fraction of sp³-hybridized carbons (Fsp3) is 0.308. The van der Waals surface area contributed by atoms with Gasteiger partial charge in [0.1, 0.15) is 18.1 Å². The molecule has 0 aromatic heterocycles. The molecule has 0 N–H and O–H groups in total. The molecule has 92 valence electrons. The molecule has 0 saturated heterocycles. The highest BCUT2D eigenvalue weighted by Crippen LogP contribution is 2.25. The summed E-state index contributed by atoms with van der Waals surface area (Å²) < 4.78 is 10.6. The van der Waals surface area contributed by atoms with E-state index >= 15 is 0 Å². The Bertz CT molecular complexity index is 413. The van der Waals surface area contributed by atoms with Crippen LogP contribution in [0.4, 0.5) is 0 Å². The molecule has 0 aliphatic carbocycles. The summed E-state index contributed by atoms with van der Waals surface area (Å²) in [4.78, 5) is 11.3. The number of carbonyl (C=O) groups excluding carboxylic acids is 1. The molecule has 0 saturated carbocycles. The Balaban J connectivity index is 2.75. The van der Waals surface area contributed by atoms with Gasteiger partial charge in [-0.15, -0.1) is 11.6 Å². The van der Waals surface area contributed by atoms with E-state index in [1.54, 1.807) is 18.2 Å². The molecule has 0 unspecified atom stereocenters. The van der Waals surface area contributed by atoms with Crippen molar-refractivity contribution in [1.82, 2.24) is 0 Å². The van der Waals surface area contributed by atoms with Crippen molar-refractivity contribution < 1.29 is 14.3 Å². The van der Waals surface area contributed by atoms with Crippen molar-refractivity contribution in [2.24, 2.45) is 0 Å². The molecule has 0 bridgehead atoms. The van der Waals surface area contributed by atoms with Gasteiger partial charge in [0.05, 0.1) is 12.7 Å². The lowest BCUT2D eigenvalue weighted by molar-refractivity contribution is 0.101. The van der Waals surface area contributed by atoms with Crippen molar-refractivity contribution in [3.05, 3.63) is 35.9 Å². The number of benzene rings is 1. The molecule has 1 aromatic carbocycles. The van der Waals surface area contributed by atoms with Gasteiger partial charge in [0.15, 0.2) is 5.78 Å². The Kier molecular flexibility index (Phi) is 5.57. The van der Waals surface area contributed by atoms with Crippen LogP contribution < -0.4 is 9.47 Å². The van der Waals surface area contributed by atoms with Gasteiger partial charge in [-0.3, -0.25) is 4.79 Å². The molecular formula is C13H15ClO3. The van der Waals surface area contributed by atoms with E-state index in [-0.39, 0.29) is 5.78 Å². The summed E-state index contributed by atoms with van der Waals surface area (Å²) in [6.07, 6.45) is 3.64. The average Bonchev–Trinajstić information content (AvgIpc) is 2.34. The monoisotopic (exact) mass is 254 g/mol. The molecule has 0 fully saturated rings. The van der Waals surface area contributed by atoms with Gasteiger partial charge in [0, 0.05) is 11.9 Å². The summed E-state index contributed by atoms with van der Waals surface area (Å²) >= 11 is 5.49. The lowest BCUT2D eigenvalue weighted by atomic mass is 10.1. The maximum Gasteiger partial charge on any atom is 0.163 e. The number of allylic oxidation sites excluding steroid dienone is 1. The molecular weight excluding hydrogens is 240 g/mol. The van der Waals surface area contributed by atoms with E-state index in [0.29, 0.717) is 29.5 Å². The number of hydrogen-bond acceptors (Lipinski definition) is 3. The van der Waals surface area contributed by atoms with E-state index in [4.69, 9.17) is 21.1 Å². The van der Waals surface area contributed by atoms with Crippen molar-refractivity contribution in [2.75, 3.05) is 19.6 Å². The number of alkyl halides is 1. The average molecular weight is 255 g/mol. The van der Waals surface area contributed by atoms with E-state index in [1.807, 2.05) is 12.2 Å². The second kappa shape index (κ2) is 6.97. The third-order valence-corrected chi connectivity index (χ3v) is 2.33. The minimum atomic E-state index is -0.0320. The third kappa shape index (κ3) is 4.11. The molecule has 0 heterocycles. The zero-order valence-corrected chi connectivity index (χ0v) is 10.7. The largest absolute Gasteiger partial charge is 0.496 e. The molecule has 0 radical (unpaired) electrons. The van der Waals surface area contributed by atoms with Crippen LogP contribution in [0.15, 0.2) is 30.4 Å². The predicted molar refractivity (Wildman–Crippen MR) is 68.4 cm³/mol. The fourth-order valence-corrected chi connectivity index (χ4v) is 1.45. The first-order valence-corrected chi connectivity index (χ1v) is 5.75. The molecule has 4 heteroatoms. The van der Waals surface area contributed by atoms with E-state index < -0.39 is 0 Å². The molecule has 3 nitrogen and oxygen atoms in total. The number of halogens is 1. The molecule has 1 rings (SSSR count).